The van der Waals surface area contributed by atoms with E-state index < -0.39 is 5.97 Å². The second-order valence-corrected chi connectivity index (χ2v) is 4.21. The lowest BCUT2D eigenvalue weighted by Gasteiger charge is -2.27. The molecule has 3 heteroatoms. The molecule has 0 aromatic heterocycles. The molecule has 2 atom stereocenters. The van der Waals surface area contributed by atoms with Gasteiger partial charge in [-0.15, -0.1) is 0 Å². The minimum atomic E-state index is -0.630. The number of allylic oxidation sites excluding steroid dienone is 1. The Kier molecular flexibility index (Phi) is 5.40. The molecule has 0 amide bonds. The highest BCUT2D eigenvalue weighted by atomic mass is 16.4. The van der Waals surface area contributed by atoms with Crippen molar-refractivity contribution in [3.63, 3.8) is 0 Å². The van der Waals surface area contributed by atoms with Gasteiger partial charge >= 0.3 is 5.97 Å². The van der Waals surface area contributed by atoms with Crippen molar-refractivity contribution in [3.8, 4) is 0 Å². The van der Waals surface area contributed by atoms with Gasteiger partial charge in [-0.2, -0.15) is 0 Å². The van der Waals surface area contributed by atoms with Crippen LogP contribution >= 0.6 is 0 Å². The van der Waals surface area contributed by atoms with E-state index in [9.17, 15) is 4.79 Å². The topological polar surface area (TPSA) is 49.3 Å². The Hall–Kier alpha value is -0.830. The first-order chi connectivity index (χ1) is 7.24. The number of hydrogen-bond donors (Lipinski definition) is 2. The normalized spacial score (nSPS) is 27.0. The van der Waals surface area contributed by atoms with E-state index in [1.807, 2.05) is 13.0 Å². The summed E-state index contributed by atoms with van der Waals surface area (Å²) in [5, 5.41) is 12.4. The molecule has 0 aromatic rings. The molecule has 0 saturated heterocycles. The van der Waals surface area contributed by atoms with Gasteiger partial charge in [-0.25, -0.2) is 0 Å². The van der Waals surface area contributed by atoms with Crippen molar-refractivity contribution in [2.45, 2.75) is 45.1 Å². The monoisotopic (exact) mass is 211 g/mol. The van der Waals surface area contributed by atoms with E-state index in [4.69, 9.17) is 5.11 Å². The molecule has 1 rings (SSSR count). The molecule has 2 N–H and O–H groups in total. The number of carbonyl (C=O) groups is 1. The van der Waals surface area contributed by atoms with E-state index >= 15 is 0 Å². The van der Waals surface area contributed by atoms with Crippen molar-refractivity contribution in [2.24, 2.45) is 5.92 Å². The zero-order valence-corrected chi connectivity index (χ0v) is 9.41. The van der Waals surface area contributed by atoms with E-state index in [2.05, 4.69) is 11.4 Å². The summed E-state index contributed by atoms with van der Waals surface area (Å²) in [5.74, 6) is -0.757. The molecular weight excluding hydrogens is 190 g/mol. The molecule has 0 aromatic carbocycles. The lowest BCUT2D eigenvalue weighted by molar-refractivity contribution is -0.143. The van der Waals surface area contributed by atoms with Gasteiger partial charge in [0, 0.05) is 6.04 Å². The molecule has 0 heterocycles. The lowest BCUT2D eigenvalue weighted by Crippen LogP contribution is -2.36. The summed E-state index contributed by atoms with van der Waals surface area (Å²) in [5.41, 5.74) is 0. The first-order valence-corrected chi connectivity index (χ1v) is 5.81. The summed E-state index contributed by atoms with van der Waals surface area (Å²) in [6, 6.07) is 0.408. The van der Waals surface area contributed by atoms with E-state index in [0.29, 0.717) is 6.04 Å². The van der Waals surface area contributed by atoms with Gasteiger partial charge < -0.3 is 10.4 Å². The fourth-order valence-electron chi connectivity index (χ4n) is 2.14. The second kappa shape index (κ2) is 6.62. The van der Waals surface area contributed by atoms with Gasteiger partial charge in [0.25, 0.3) is 0 Å². The molecule has 3 nitrogen and oxygen atoms in total. The van der Waals surface area contributed by atoms with E-state index in [1.54, 1.807) is 0 Å². The average Bonchev–Trinajstić information content (AvgIpc) is 2.25. The average molecular weight is 211 g/mol. The highest BCUT2D eigenvalue weighted by molar-refractivity contribution is 5.70. The molecular formula is C12H21NO2. The zero-order chi connectivity index (χ0) is 11.1. The molecule has 0 aliphatic heterocycles. The van der Waals surface area contributed by atoms with Crippen molar-refractivity contribution >= 4 is 5.97 Å². The summed E-state index contributed by atoms with van der Waals surface area (Å²) >= 11 is 0. The Bertz CT molecular complexity index is 226. The fraction of sp³-hybridized carbons (Fsp3) is 0.750. The summed E-state index contributed by atoms with van der Waals surface area (Å²) < 4.78 is 0. The van der Waals surface area contributed by atoms with Gasteiger partial charge in [-0.3, -0.25) is 4.79 Å². The Morgan fingerprint density at radius 3 is 3.00 bits per heavy atom. The van der Waals surface area contributed by atoms with Gasteiger partial charge in [0.15, 0.2) is 0 Å². The minimum Gasteiger partial charge on any atom is -0.481 e. The highest BCUT2D eigenvalue weighted by Crippen LogP contribution is 2.24. The predicted octanol–water partition coefficient (Wildman–Crippen LogP) is 2.19. The Labute approximate surface area is 91.6 Å². The standard InChI is InChI=1S/C12H21NO2/c1-2-3-4-8-13-11-7-5-6-10(9-11)12(14)15/h2-3,10-11,13H,4-9H2,1H3,(H,14,15)/b3-2+. The summed E-state index contributed by atoms with van der Waals surface area (Å²) in [6.45, 7) is 2.97. The first-order valence-electron chi connectivity index (χ1n) is 5.81. The maximum Gasteiger partial charge on any atom is 0.306 e. The van der Waals surface area contributed by atoms with Crippen LogP contribution in [0.3, 0.4) is 0 Å². The molecule has 1 aliphatic carbocycles. The van der Waals surface area contributed by atoms with Crippen LogP contribution in [-0.4, -0.2) is 23.7 Å². The summed E-state index contributed by atoms with van der Waals surface area (Å²) in [7, 11) is 0. The van der Waals surface area contributed by atoms with Crippen LogP contribution in [0.1, 0.15) is 39.0 Å². The van der Waals surface area contributed by atoms with E-state index in [-0.39, 0.29) is 5.92 Å². The maximum atomic E-state index is 10.8. The van der Waals surface area contributed by atoms with Crippen molar-refractivity contribution < 1.29 is 9.90 Å². The van der Waals surface area contributed by atoms with Crippen LogP contribution in [0.4, 0.5) is 0 Å². The quantitative estimate of drug-likeness (QED) is 0.541. The largest absolute Gasteiger partial charge is 0.481 e. The van der Waals surface area contributed by atoms with Crippen molar-refractivity contribution in [2.75, 3.05) is 6.54 Å². The van der Waals surface area contributed by atoms with Crippen LogP contribution in [0.5, 0.6) is 0 Å². The molecule has 1 saturated carbocycles. The van der Waals surface area contributed by atoms with Crippen molar-refractivity contribution in [1.29, 1.82) is 0 Å². The van der Waals surface area contributed by atoms with E-state index in [1.165, 1.54) is 0 Å². The van der Waals surface area contributed by atoms with Gasteiger partial charge in [-0.1, -0.05) is 18.6 Å². The van der Waals surface area contributed by atoms with Crippen LogP contribution in [0.15, 0.2) is 12.2 Å². The number of nitrogens with one attached hydrogen (secondary N) is 1. The third-order valence-corrected chi connectivity index (χ3v) is 3.00. The SMILES string of the molecule is C/C=C/CCNC1CCCC(C(=O)O)C1. The number of aliphatic carboxylic acids is 1. The van der Waals surface area contributed by atoms with Crippen LogP contribution in [-0.2, 0) is 4.79 Å². The molecule has 0 radical (unpaired) electrons. The van der Waals surface area contributed by atoms with Crippen molar-refractivity contribution in [1.82, 2.24) is 5.32 Å². The maximum absolute atomic E-state index is 10.8. The number of carboxylic acids is 1. The lowest BCUT2D eigenvalue weighted by atomic mass is 9.86. The number of carboxylic acid groups (broad SMARTS) is 1. The van der Waals surface area contributed by atoms with Crippen LogP contribution < -0.4 is 5.32 Å². The van der Waals surface area contributed by atoms with Crippen molar-refractivity contribution in [3.05, 3.63) is 12.2 Å². The minimum absolute atomic E-state index is 0.127. The summed E-state index contributed by atoms with van der Waals surface area (Å²) in [6.07, 6.45) is 9.02. The van der Waals surface area contributed by atoms with Gasteiger partial charge in [0.2, 0.25) is 0 Å². The van der Waals surface area contributed by atoms with Crippen LogP contribution in [0.2, 0.25) is 0 Å². The number of hydrogen-bond acceptors (Lipinski definition) is 2. The zero-order valence-electron chi connectivity index (χ0n) is 9.41. The Balaban J connectivity index is 2.21. The van der Waals surface area contributed by atoms with Gasteiger partial charge in [0.05, 0.1) is 5.92 Å². The third kappa shape index (κ3) is 4.47. The molecule has 86 valence electrons. The Morgan fingerprint density at radius 1 is 1.53 bits per heavy atom. The Morgan fingerprint density at radius 2 is 2.33 bits per heavy atom. The molecule has 1 aliphatic rings. The third-order valence-electron chi connectivity index (χ3n) is 3.00. The first kappa shape index (κ1) is 12.2. The van der Waals surface area contributed by atoms with Gasteiger partial charge in [-0.05, 0) is 39.2 Å². The van der Waals surface area contributed by atoms with E-state index in [0.717, 1.165) is 38.6 Å². The fourth-order valence-corrected chi connectivity index (χ4v) is 2.14. The summed E-state index contributed by atoms with van der Waals surface area (Å²) in [4.78, 5) is 10.8. The molecule has 0 spiro atoms. The van der Waals surface area contributed by atoms with Crippen LogP contribution in [0.25, 0.3) is 0 Å². The highest BCUT2D eigenvalue weighted by Gasteiger charge is 2.26. The molecule has 2 unspecified atom stereocenters. The second-order valence-electron chi connectivity index (χ2n) is 4.21. The molecule has 1 fully saturated rings. The van der Waals surface area contributed by atoms with Gasteiger partial charge in [0.1, 0.15) is 0 Å². The molecule has 0 bridgehead atoms. The predicted molar refractivity (Wildman–Crippen MR) is 60.8 cm³/mol. The van der Waals surface area contributed by atoms with Crippen LogP contribution in [0, 0.1) is 5.92 Å². The smallest absolute Gasteiger partial charge is 0.306 e. The molecule has 15 heavy (non-hydrogen) atoms. The number of rotatable bonds is 5.